The Bertz CT molecular complexity index is 695. The molecule has 2 aromatic rings. The van der Waals surface area contributed by atoms with E-state index in [1.807, 2.05) is 6.92 Å². The lowest BCUT2D eigenvalue weighted by molar-refractivity contribution is -0.134. The molecular formula is C15H17FN4O2. The second-order valence-electron chi connectivity index (χ2n) is 5.24. The van der Waals surface area contributed by atoms with E-state index >= 15 is 0 Å². The first kappa shape index (κ1) is 14.5. The average Bonchev–Trinajstić information content (AvgIpc) is 2.88. The largest absolute Gasteiger partial charge is 0.491 e. The summed E-state index contributed by atoms with van der Waals surface area (Å²) in [7, 11) is 0. The number of hydrogen-bond donors (Lipinski definition) is 0. The van der Waals surface area contributed by atoms with Gasteiger partial charge in [0.2, 0.25) is 5.91 Å². The van der Waals surface area contributed by atoms with Gasteiger partial charge in [-0.25, -0.2) is 9.07 Å². The Labute approximate surface area is 127 Å². The highest BCUT2D eigenvalue weighted by molar-refractivity contribution is 5.74. The standard InChI is InChI=1S/C15H17FN4O2/c1-3-22-15-5-4-11(6-13(15)16)14-9-20(18-17-14)12-7-19(8-12)10(2)21/h4-6,9,12H,3,7-8H2,1-2H3. The third kappa shape index (κ3) is 2.66. The van der Waals surface area contributed by atoms with E-state index in [1.165, 1.54) is 6.07 Å². The first-order chi connectivity index (χ1) is 10.6. The molecule has 0 saturated carbocycles. The Kier molecular flexibility index (Phi) is 3.79. The summed E-state index contributed by atoms with van der Waals surface area (Å²) in [4.78, 5) is 12.9. The second-order valence-corrected chi connectivity index (χ2v) is 5.24. The molecule has 1 aromatic carbocycles. The van der Waals surface area contributed by atoms with Crippen molar-refractivity contribution in [1.29, 1.82) is 0 Å². The van der Waals surface area contributed by atoms with E-state index in [0.29, 0.717) is 31.0 Å². The number of carbonyl (C=O) groups excluding carboxylic acids is 1. The summed E-state index contributed by atoms with van der Waals surface area (Å²) in [5, 5.41) is 8.15. The fourth-order valence-electron chi connectivity index (χ4n) is 2.40. The van der Waals surface area contributed by atoms with E-state index in [0.717, 1.165) is 0 Å². The smallest absolute Gasteiger partial charge is 0.219 e. The molecule has 1 aliphatic heterocycles. The SMILES string of the molecule is CCOc1ccc(-c2cn(C3CN(C(C)=O)C3)nn2)cc1F. The Morgan fingerprint density at radius 3 is 2.86 bits per heavy atom. The number of hydrogen-bond acceptors (Lipinski definition) is 4. The molecule has 116 valence electrons. The molecule has 0 unspecified atom stereocenters. The molecule has 6 nitrogen and oxygen atoms in total. The third-order valence-electron chi connectivity index (χ3n) is 3.72. The maximum atomic E-state index is 13.9. The zero-order valence-corrected chi connectivity index (χ0v) is 12.5. The van der Waals surface area contributed by atoms with Crippen molar-refractivity contribution in [2.24, 2.45) is 0 Å². The van der Waals surface area contributed by atoms with Crippen molar-refractivity contribution in [2.45, 2.75) is 19.9 Å². The first-order valence-corrected chi connectivity index (χ1v) is 7.18. The van der Waals surface area contributed by atoms with Crippen LogP contribution in [0.25, 0.3) is 11.3 Å². The Balaban J connectivity index is 1.74. The Morgan fingerprint density at radius 1 is 1.45 bits per heavy atom. The summed E-state index contributed by atoms with van der Waals surface area (Å²) < 4.78 is 20.8. The Morgan fingerprint density at radius 2 is 2.23 bits per heavy atom. The monoisotopic (exact) mass is 304 g/mol. The molecule has 22 heavy (non-hydrogen) atoms. The number of halogens is 1. The van der Waals surface area contributed by atoms with E-state index in [1.54, 1.807) is 34.8 Å². The zero-order valence-electron chi connectivity index (χ0n) is 12.5. The summed E-state index contributed by atoms with van der Waals surface area (Å²) in [6, 6.07) is 4.87. The molecule has 2 heterocycles. The topological polar surface area (TPSA) is 60.2 Å². The number of aromatic nitrogens is 3. The minimum Gasteiger partial charge on any atom is -0.491 e. The molecule has 0 aliphatic carbocycles. The minimum atomic E-state index is -0.416. The van der Waals surface area contributed by atoms with Gasteiger partial charge in [0.05, 0.1) is 18.8 Å². The first-order valence-electron chi connectivity index (χ1n) is 7.18. The van der Waals surface area contributed by atoms with Crippen molar-refractivity contribution in [3.05, 3.63) is 30.2 Å². The van der Waals surface area contributed by atoms with E-state index in [4.69, 9.17) is 4.74 Å². The predicted octanol–water partition coefficient (Wildman–Crippen LogP) is 1.89. The molecule has 7 heteroatoms. The molecule has 0 radical (unpaired) electrons. The van der Waals surface area contributed by atoms with Crippen LogP contribution in [0, 0.1) is 5.82 Å². The van der Waals surface area contributed by atoms with Crippen molar-refractivity contribution >= 4 is 5.91 Å². The summed E-state index contributed by atoms with van der Waals surface area (Å²) >= 11 is 0. The lowest BCUT2D eigenvalue weighted by Gasteiger charge is -2.38. The van der Waals surface area contributed by atoms with Crippen LogP contribution in [0.15, 0.2) is 24.4 Å². The third-order valence-corrected chi connectivity index (χ3v) is 3.72. The second kappa shape index (κ2) is 5.75. The van der Waals surface area contributed by atoms with Crippen molar-refractivity contribution in [3.63, 3.8) is 0 Å². The molecule has 0 N–H and O–H groups in total. The number of benzene rings is 1. The van der Waals surface area contributed by atoms with E-state index in [2.05, 4.69) is 10.3 Å². The van der Waals surface area contributed by atoms with E-state index in [9.17, 15) is 9.18 Å². The van der Waals surface area contributed by atoms with Gasteiger partial charge in [0.25, 0.3) is 0 Å². The normalized spacial score (nSPS) is 14.8. The van der Waals surface area contributed by atoms with E-state index in [-0.39, 0.29) is 17.7 Å². The molecule has 0 atom stereocenters. The highest BCUT2D eigenvalue weighted by atomic mass is 19.1. The quantitative estimate of drug-likeness (QED) is 0.865. The summed E-state index contributed by atoms with van der Waals surface area (Å²) in [6.45, 7) is 5.04. The highest BCUT2D eigenvalue weighted by Crippen LogP contribution is 2.26. The van der Waals surface area contributed by atoms with Gasteiger partial charge in [-0.3, -0.25) is 4.79 Å². The van der Waals surface area contributed by atoms with Crippen LogP contribution < -0.4 is 4.74 Å². The Hall–Kier alpha value is -2.44. The predicted molar refractivity (Wildman–Crippen MR) is 77.9 cm³/mol. The number of nitrogens with zero attached hydrogens (tertiary/aromatic N) is 4. The van der Waals surface area contributed by atoms with Gasteiger partial charge in [-0.05, 0) is 25.1 Å². The van der Waals surface area contributed by atoms with Crippen molar-refractivity contribution in [2.75, 3.05) is 19.7 Å². The molecule has 1 aromatic heterocycles. The van der Waals surface area contributed by atoms with Crippen LogP contribution in [0.1, 0.15) is 19.9 Å². The maximum absolute atomic E-state index is 13.9. The van der Waals surface area contributed by atoms with Gasteiger partial charge in [0.15, 0.2) is 11.6 Å². The highest BCUT2D eigenvalue weighted by Gasteiger charge is 2.30. The number of amides is 1. The number of ether oxygens (including phenoxy) is 1. The molecule has 1 saturated heterocycles. The minimum absolute atomic E-state index is 0.0603. The molecule has 1 fully saturated rings. The molecule has 1 amide bonds. The van der Waals surface area contributed by atoms with Crippen molar-refractivity contribution in [1.82, 2.24) is 19.9 Å². The van der Waals surface area contributed by atoms with Crippen LogP contribution >= 0.6 is 0 Å². The van der Waals surface area contributed by atoms with Crippen LogP contribution in [0.2, 0.25) is 0 Å². The van der Waals surface area contributed by atoms with E-state index < -0.39 is 5.82 Å². The maximum Gasteiger partial charge on any atom is 0.219 e. The van der Waals surface area contributed by atoms with Crippen molar-refractivity contribution in [3.8, 4) is 17.0 Å². The number of rotatable bonds is 4. The number of likely N-dealkylation sites (tertiary alicyclic amines) is 1. The van der Waals surface area contributed by atoms with Gasteiger partial charge in [-0.15, -0.1) is 5.10 Å². The van der Waals surface area contributed by atoms with Crippen LogP contribution in [-0.2, 0) is 4.79 Å². The van der Waals surface area contributed by atoms with Gasteiger partial charge < -0.3 is 9.64 Å². The molecule has 1 aliphatic rings. The van der Waals surface area contributed by atoms with Crippen LogP contribution in [-0.4, -0.2) is 45.5 Å². The van der Waals surface area contributed by atoms with Crippen LogP contribution in [0.5, 0.6) is 5.75 Å². The zero-order chi connectivity index (χ0) is 15.7. The fraction of sp³-hybridized carbons (Fsp3) is 0.400. The summed E-state index contributed by atoms with van der Waals surface area (Å²) in [5.74, 6) is -0.125. The lowest BCUT2D eigenvalue weighted by atomic mass is 10.1. The molecule has 0 bridgehead atoms. The van der Waals surface area contributed by atoms with Gasteiger partial charge >= 0.3 is 0 Å². The van der Waals surface area contributed by atoms with Gasteiger partial charge in [0.1, 0.15) is 5.69 Å². The summed E-state index contributed by atoms with van der Waals surface area (Å²) in [5.41, 5.74) is 1.25. The van der Waals surface area contributed by atoms with Crippen molar-refractivity contribution < 1.29 is 13.9 Å². The van der Waals surface area contributed by atoms with Crippen LogP contribution in [0.4, 0.5) is 4.39 Å². The van der Waals surface area contributed by atoms with Gasteiger partial charge in [-0.2, -0.15) is 0 Å². The van der Waals surface area contributed by atoms with Gasteiger partial charge in [0, 0.05) is 25.6 Å². The van der Waals surface area contributed by atoms with Gasteiger partial charge in [-0.1, -0.05) is 5.21 Å². The lowest BCUT2D eigenvalue weighted by Crippen LogP contribution is -2.50. The molecular weight excluding hydrogens is 287 g/mol. The average molecular weight is 304 g/mol. The molecule has 0 spiro atoms. The molecule has 3 rings (SSSR count). The van der Waals surface area contributed by atoms with Crippen LogP contribution in [0.3, 0.4) is 0 Å². The summed E-state index contributed by atoms with van der Waals surface area (Å²) in [6.07, 6.45) is 1.78. The number of carbonyl (C=O) groups is 1. The fourth-order valence-corrected chi connectivity index (χ4v) is 2.40.